The molecule has 0 saturated carbocycles. The van der Waals surface area contributed by atoms with Crippen LogP contribution in [0.5, 0.6) is 5.75 Å². The SMILES string of the molecule is Oc1ccccc1N=Cc1cccn1-c1ccccc1. The third kappa shape index (κ3) is 2.47. The Labute approximate surface area is 117 Å². The highest BCUT2D eigenvalue weighted by Crippen LogP contribution is 2.24. The summed E-state index contributed by atoms with van der Waals surface area (Å²) in [7, 11) is 0. The molecular formula is C17H14N2O. The summed E-state index contributed by atoms with van der Waals surface area (Å²) in [6.07, 6.45) is 3.74. The zero-order valence-corrected chi connectivity index (χ0v) is 10.8. The second-order valence-corrected chi connectivity index (χ2v) is 4.39. The van der Waals surface area contributed by atoms with Gasteiger partial charge >= 0.3 is 0 Å². The van der Waals surface area contributed by atoms with Crippen LogP contribution in [0.3, 0.4) is 0 Å². The van der Waals surface area contributed by atoms with E-state index in [2.05, 4.69) is 4.99 Å². The number of phenolic OH excluding ortho intramolecular Hbond substituents is 1. The van der Waals surface area contributed by atoms with Crippen LogP contribution in [0.4, 0.5) is 5.69 Å². The highest BCUT2D eigenvalue weighted by atomic mass is 16.3. The van der Waals surface area contributed by atoms with Crippen molar-refractivity contribution in [3.63, 3.8) is 0 Å². The molecule has 0 aliphatic heterocycles. The van der Waals surface area contributed by atoms with Crippen LogP contribution in [0, 0.1) is 0 Å². The van der Waals surface area contributed by atoms with Gasteiger partial charge in [-0.25, -0.2) is 0 Å². The lowest BCUT2D eigenvalue weighted by Crippen LogP contribution is -1.97. The smallest absolute Gasteiger partial charge is 0.141 e. The molecule has 3 heteroatoms. The van der Waals surface area contributed by atoms with E-state index in [9.17, 15) is 5.11 Å². The van der Waals surface area contributed by atoms with E-state index in [0.717, 1.165) is 11.4 Å². The van der Waals surface area contributed by atoms with Crippen molar-refractivity contribution < 1.29 is 5.11 Å². The second-order valence-electron chi connectivity index (χ2n) is 4.39. The van der Waals surface area contributed by atoms with E-state index in [0.29, 0.717) is 5.69 Å². The van der Waals surface area contributed by atoms with Crippen molar-refractivity contribution >= 4 is 11.9 Å². The number of aliphatic imine (C=N–C) groups is 1. The zero-order valence-electron chi connectivity index (χ0n) is 10.8. The number of nitrogens with zero attached hydrogens (tertiary/aromatic N) is 2. The minimum Gasteiger partial charge on any atom is -0.506 e. The first kappa shape index (κ1) is 12.2. The third-order valence-electron chi connectivity index (χ3n) is 3.03. The molecule has 0 unspecified atom stereocenters. The largest absolute Gasteiger partial charge is 0.506 e. The molecule has 20 heavy (non-hydrogen) atoms. The van der Waals surface area contributed by atoms with Crippen LogP contribution in [0.25, 0.3) is 5.69 Å². The zero-order chi connectivity index (χ0) is 13.8. The fourth-order valence-corrected chi connectivity index (χ4v) is 2.03. The first-order valence-corrected chi connectivity index (χ1v) is 6.39. The van der Waals surface area contributed by atoms with E-state index in [4.69, 9.17) is 0 Å². The maximum atomic E-state index is 9.70. The summed E-state index contributed by atoms with van der Waals surface area (Å²) in [5.41, 5.74) is 2.60. The van der Waals surface area contributed by atoms with Gasteiger partial charge in [-0.3, -0.25) is 4.99 Å². The first-order chi connectivity index (χ1) is 9.84. The monoisotopic (exact) mass is 262 g/mol. The summed E-state index contributed by atoms with van der Waals surface area (Å²) in [5, 5.41) is 9.70. The van der Waals surface area contributed by atoms with E-state index in [-0.39, 0.29) is 5.75 Å². The molecule has 0 spiro atoms. The van der Waals surface area contributed by atoms with Gasteiger partial charge in [0, 0.05) is 11.9 Å². The Kier molecular flexibility index (Phi) is 3.33. The average molecular weight is 262 g/mol. The number of hydrogen-bond acceptors (Lipinski definition) is 2. The van der Waals surface area contributed by atoms with E-state index in [1.165, 1.54) is 0 Å². The molecule has 0 radical (unpaired) electrons. The van der Waals surface area contributed by atoms with E-state index in [1.54, 1.807) is 24.4 Å². The Morgan fingerprint density at radius 2 is 1.60 bits per heavy atom. The fourth-order valence-electron chi connectivity index (χ4n) is 2.03. The van der Waals surface area contributed by atoms with Gasteiger partial charge < -0.3 is 9.67 Å². The van der Waals surface area contributed by atoms with Crippen molar-refractivity contribution in [3.8, 4) is 11.4 Å². The highest BCUT2D eigenvalue weighted by molar-refractivity contribution is 5.81. The molecule has 0 fully saturated rings. The number of benzene rings is 2. The van der Waals surface area contributed by atoms with Crippen LogP contribution in [-0.2, 0) is 0 Å². The number of aromatic nitrogens is 1. The number of aromatic hydroxyl groups is 1. The lowest BCUT2D eigenvalue weighted by molar-refractivity contribution is 0.477. The van der Waals surface area contributed by atoms with Crippen molar-refractivity contribution in [1.82, 2.24) is 4.57 Å². The van der Waals surface area contributed by atoms with E-state index >= 15 is 0 Å². The molecule has 0 bridgehead atoms. The molecule has 1 N–H and O–H groups in total. The Morgan fingerprint density at radius 3 is 2.40 bits per heavy atom. The molecule has 0 aliphatic carbocycles. The third-order valence-corrected chi connectivity index (χ3v) is 3.03. The van der Waals surface area contributed by atoms with Crippen molar-refractivity contribution in [2.24, 2.45) is 4.99 Å². The molecule has 0 saturated heterocycles. The van der Waals surface area contributed by atoms with Crippen molar-refractivity contribution in [2.75, 3.05) is 0 Å². The normalized spacial score (nSPS) is 11.0. The molecule has 1 aromatic heterocycles. The van der Waals surface area contributed by atoms with Crippen LogP contribution in [0.1, 0.15) is 5.69 Å². The summed E-state index contributed by atoms with van der Waals surface area (Å²) < 4.78 is 2.05. The standard InChI is InChI=1S/C17H14N2O/c20-17-11-5-4-10-16(17)18-13-15-9-6-12-19(15)14-7-2-1-3-8-14/h1-13,20H. The molecule has 0 aliphatic rings. The van der Waals surface area contributed by atoms with Gasteiger partial charge in [0.2, 0.25) is 0 Å². The fraction of sp³-hybridized carbons (Fsp3) is 0. The van der Waals surface area contributed by atoms with Crippen LogP contribution < -0.4 is 0 Å². The highest BCUT2D eigenvalue weighted by Gasteiger charge is 2.01. The summed E-state index contributed by atoms with van der Waals surface area (Å²) in [5.74, 6) is 0.182. The quantitative estimate of drug-likeness (QED) is 0.713. The maximum Gasteiger partial charge on any atom is 0.141 e. The lowest BCUT2D eigenvalue weighted by atomic mass is 10.3. The summed E-state index contributed by atoms with van der Waals surface area (Å²) in [6.45, 7) is 0. The molecule has 0 atom stereocenters. The topological polar surface area (TPSA) is 37.5 Å². The maximum absolute atomic E-state index is 9.70. The second kappa shape index (κ2) is 5.45. The summed E-state index contributed by atoms with van der Waals surface area (Å²) in [6, 6.07) is 21.1. The van der Waals surface area contributed by atoms with Crippen LogP contribution in [0.2, 0.25) is 0 Å². The van der Waals surface area contributed by atoms with Gasteiger partial charge in [-0.05, 0) is 36.4 Å². The van der Waals surface area contributed by atoms with Gasteiger partial charge in [-0.15, -0.1) is 0 Å². The molecule has 3 aromatic rings. The molecule has 0 amide bonds. The molecule has 98 valence electrons. The lowest BCUT2D eigenvalue weighted by Gasteiger charge is -2.05. The van der Waals surface area contributed by atoms with Gasteiger partial charge in [0.05, 0.1) is 11.9 Å². The van der Waals surface area contributed by atoms with Crippen LogP contribution in [0.15, 0.2) is 77.9 Å². The minimum atomic E-state index is 0.182. The van der Waals surface area contributed by atoms with Gasteiger partial charge in [-0.2, -0.15) is 0 Å². The predicted octanol–water partition coefficient (Wildman–Crippen LogP) is 3.93. The van der Waals surface area contributed by atoms with Crippen molar-refractivity contribution in [1.29, 1.82) is 0 Å². The number of para-hydroxylation sites is 3. The molecule has 1 heterocycles. The van der Waals surface area contributed by atoms with E-state index < -0.39 is 0 Å². The number of phenols is 1. The number of hydrogen-bond donors (Lipinski definition) is 1. The predicted molar refractivity (Wildman–Crippen MR) is 81.1 cm³/mol. The van der Waals surface area contributed by atoms with Crippen LogP contribution in [-0.4, -0.2) is 15.9 Å². The first-order valence-electron chi connectivity index (χ1n) is 6.39. The molecular weight excluding hydrogens is 248 g/mol. The van der Waals surface area contributed by atoms with Gasteiger partial charge in [0.15, 0.2) is 0 Å². The minimum absolute atomic E-state index is 0.182. The van der Waals surface area contributed by atoms with Crippen LogP contribution >= 0.6 is 0 Å². The number of rotatable bonds is 3. The van der Waals surface area contributed by atoms with E-state index in [1.807, 2.05) is 59.3 Å². The van der Waals surface area contributed by atoms with Gasteiger partial charge in [0.25, 0.3) is 0 Å². The molecule has 3 nitrogen and oxygen atoms in total. The Balaban J connectivity index is 1.94. The van der Waals surface area contributed by atoms with Gasteiger partial charge in [0.1, 0.15) is 11.4 Å². The Bertz CT molecular complexity index is 730. The summed E-state index contributed by atoms with van der Waals surface area (Å²) in [4.78, 5) is 4.34. The Morgan fingerprint density at radius 1 is 0.850 bits per heavy atom. The summed E-state index contributed by atoms with van der Waals surface area (Å²) >= 11 is 0. The molecule has 2 aromatic carbocycles. The van der Waals surface area contributed by atoms with Crippen molar-refractivity contribution in [3.05, 3.63) is 78.6 Å². The Hall–Kier alpha value is -2.81. The van der Waals surface area contributed by atoms with Crippen molar-refractivity contribution in [2.45, 2.75) is 0 Å². The molecule has 3 rings (SSSR count). The average Bonchev–Trinajstić information content (AvgIpc) is 2.96. The van der Waals surface area contributed by atoms with Gasteiger partial charge in [-0.1, -0.05) is 30.3 Å².